The van der Waals surface area contributed by atoms with Crippen molar-refractivity contribution in [2.75, 3.05) is 11.9 Å². The van der Waals surface area contributed by atoms with Crippen molar-refractivity contribution in [1.29, 1.82) is 5.26 Å². The first-order valence-corrected chi connectivity index (χ1v) is 13.3. The van der Waals surface area contributed by atoms with E-state index in [2.05, 4.69) is 12.2 Å². The third-order valence-electron chi connectivity index (χ3n) is 6.04. The normalized spacial score (nSPS) is 14.6. The molecule has 35 heavy (non-hydrogen) atoms. The Bertz CT molecular complexity index is 1260. The Balaban J connectivity index is 1.94. The predicted molar refractivity (Wildman–Crippen MR) is 149 cm³/mol. The van der Waals surface area contributed by atoms with E-state index in [4.69, 9.17) is 23.8 Å². The molecule has 0 radical (unpaired) electrons. The summed E-state index contributed by atoms with van der Waals surface area (Å²) < 4.78 is 1.94. The van der Waals surface area contributed by atoms with Crippen LogP contribution in [0.15, 0.2) is 34.0 Å². The van der Waals surface area contributed by atoms with Gasteiger partial charge in [-0.05, 0) is 36.6 Å². The number of hydrogen-bond donors (Lipinski definition) is 1. The second kappa shape index (κ2) is 12.4. The van der Waals surface area contributed by atoms with E-state index in [1.807, 2.05) is 24.3 Å². The fourth-order valence-corrected chi connectivity index (χ4v) is 5.46. The van der Waals surface area contributed by atoms with Crippen LogP contribution in [-0.2, 0) is 18.4 Å². The van der Waals surface area contributed by atoms with Gasteiger partial charge in [0.25, 0.3) is 11.5 Å². The van der Waals surface area contributed by atoms with E-state index < -0.39 is 5.56 Å². The van der Waals surface area contributed by atoms with E-state index in [0.29, 0.717) is 44.3 Å². The van der Waals surface area contributed by atoms with E-state index in [1.54, 1.807) is 31.0 Å². The number of amides is 1. The maximum Gasteiger partial charge on any atom is 0.270 e. The molecule has 1 saturated heterocycles. The monoisotopic (exact) mass is 528 g/mol. The van der Waals surface area contributed by atoms with E-state index in [1.165, 1.54) is 29.2 Å². The molecule has 0 unspecified atom stereocenters. The van der Waals surface area contributed by atoms with E-state index in [-0.39, 0.29) is 11.5 Å². The third-order valence-corrected chi connectivity index (χ3v) is 7.78. The molecule has 184 valence electrons. The molecule has 6 nitrogen and oxygen atoms in total. The zero-order valence-corrected chi connectivity index (χ0v) is 22.6. The number of thioether (sulfide) groups is 1. The van der Waals surface area contributed by atoms with Crippen LogP contribution < -0.4 is 10.9 Å². The fourth-order valence-electron chi connectivity index (χ4n) is 3.96. The van der Waals surface area contributed by atoms with Crippen LogP contribution in [0, 0.1) is 18.3 Å². The number of nitrogens with zero attached hydrogens (tertiary/aromatic N) is 3. The number of rotatable bonds is 10. The minimum absolute atomic E-state index is 0.0495. The molecule has 2 heterocycles. The zero-order chi connectivity index (χ0) is 25.5. The van der Waals surface area contributed by atoms with Crippen molar-refractivity contribution in [3.63, 3.8) is 0 Å². The summed E-state index contributed by atoms with van der Waals surface area (Å²) in [5.41, 5.74) is 1.64. The molecule has 1 amide bonds. The molecule has 1 aliphatic heterocycles. The summed E-state index contributed by atoms with van der Waals surface area (Å²) in [6.45, 7) is 4.86. The van der Waals surface area contributed by atoms with Gasteiger partial charge in [-0.1, -0.05) is 86.4 Å². The fraction of sp³-hybridized carbons (Fsp3) is 0.385. The minimum atomic E-state index is -0.400. The SMILES string of the molecule is CCCCCCCN1C(=O)/C(=C\c2c(C)c(C#N)c(=O)n(C)c2NCc2ccccc2Cl)SC1=S. The molecular weight excluding hydrogens is 500 g/mol. The Morgan fingerprint density at radius 2 is 1.91 bits per heavy atom. The molecule has 0 spiro atoms. The number of pyridine rings is 1. The largest absolute Gasteiger partial charge is 0.367 e. The number of halogens is 1. The van der Waals surface area contributed by atoms with Gasteiger partial charge >= 0.3 is 0 Å². The van der Waals surface area contributed by atoms with Gasteiger partial charge < -0.3 is 5.32 Å². The Kier molecular flexibility index (Phi) is 9.55. The number of hydrogen-bond acceptors (Lipinski definition) is 6. The third kappa shape index (κ3) is 6.16. The van der Waals surface area contributed by atoms with Crippen molar-refractivity contribution < 1.29 is 4.79 Å². The maximum atomic E-state index is 13.2. The molecule has 3 rings (SSSR count). The van der Waals surface area contributed by atoms with Crippen LogP contribution in [0.4, 0.5) is 5.82 Å². The number of carbonyl (C=O) groups excluding carboxylic acids is 1. The lowest BCUT2D eigenvalue weighted by Crippen LogP contribution is -2.29. The first-order chi connectivity index (χ1) is 16.8. The second-order valence-corrected chi connectivity index (χ2v) is 10.5. The lowest BCUT2D eigenvalue weighted by Gasteiger charge is -2.18. The van der Waals surface area contributed by atoms with E-state index in [0.717, 1.165) is 24.8 Å². The van der Waals surface area contributed by atoms with E-state index >= 15 is 0 Å². The molecule has 9 heteroatoms. The van der Waals surface area contributed by atoms with Gasteiger partial charge in [-0.25, -0.2) is 0 Å². The highest BCUT2D eigenvalue weighted by Crippen LogP contribution is 2.35. The van der Waals surface area contributed by atoms with Gasteiger partial charge in [-0.3, -0.25) is 19.1 Å². The summed E-state index contributed by atoms with van der Waals surface area (Å²) in [4.78, 5) is 28.1. The lowest BCUT2D eigenvalue weighted by atomic mass is 10.0. The van der Waals surface area contributed by atoms with Gasteiger partial charge in [0.1, 0.15) is 21.8 Å². The molecule has 1 N–H and O–H groups in total. The van der Waals surface area contributed by atoms with Crippen molar-refractivity contribution >= 4 is 57.7 Å². The summed E-state index contributed by atoms with van der Waals surface area (Å²) in [6, 6.07) is 9.45. The van der Waals surface area contributed by atoms with Gasteiger partial charge in [0, 0.05) is 30.7 Å². The van der Waals surface area contributed by atoms with E-state index in [9.17, 15) is 14.9 Å². The average Bonchev–Trinajstić information content (AvgIpc) is 3.10. The van der Waals surface area contributed by atoms with Crippen LogP contribution in [0.25, 0.3) is 6.08 Å². The van der Waals surface area contributed by atoms with Crippen LogP contribution in [0.2, 0.25) is 5.02 Å². The maximum absolute atomic E-state index is 13.2. The Morgan fingerprint density at radius 1 is 1.20 bits per heavy atom. The summed E-state index contributed by atoms with van der Waals surface area (Å²) in [5.74, 6) is 0.371. The van der Waals surface area contributed by atoms with Crippen molar-refractivity contribution in [3.05, 3.63) is 66.8 Å². The Labute approximate surface area is 221 Å². The molecule has 1 aliphatic rings. The van der Waals surface area contributed by atoms with Gasteiger partial charge in [-0.15, -0.1) is 0 Å². The number of nitrogens with one attached hydrogen (secondary N) is 1. The first kappa shape index (κ1) is 27.0. The highest BCUT2D eigenvalue weighted by atomic mass is 35.5. The molecule has 0 aliphatic carbocycles. The molecule has 1 aromatic heterocycles. The highest BCUT2D eigenvalue weighted by Gasteiger charge is 2.32. The molecule has 0 bridgehead atoms. The van der Waals surface area contributed by atoms with Gasteiger partial charge in [0.15, 0.2) is 0 Å². The van der Waals surface area contributed by atoms with Crippen molar-refractivity contribution in [3.8, 4) is 6.07 Å². The van der Waals surface area contributed by atoms with Crippen molar-refractivity contribution in [1.82, 2.24) is 9.47 Å². The van der Waals surface area contributed by atoms with Gasteiger partial charge in [0.2, 0.25) is 0 Å². The zero-order valence-electron chi connectivity index (χ0n) is 20.2. The van der Waals surface area contributed by atoms with Crippen molar-refractivity contribution in [2.45, 2.75) is 52.5 Å². The second-order valence-electron chi connectivity index (χ2n) is 8.43. The number of unbranched alkanes of at least 4 members (excludes halogenated alkanes) is 4. The molecule has 0 atom stereocenters. The Morgan fingerprint density at radius 3 is 2.60 bits per heavy atom. The summed E-state index contributed by atoms with van der Waals surface area (Å²) >= 11 is 13.1. The van der Waals surface area contributed by atoms with Crippen LogP contribution in [-0.4, -0.2) is 26.2 Å². The van der Waals surface area contributed by atoms with Crippen LogP contribution in [0.5, 0.6) is 0 Å². The minimum Gasteiger partial charge on any atom is -0.367 e. The summed E-state index contributed by atoms with van der Waals surface area (Å²) in [7, 11) is 1.61. The molecule has 2 aromatic rings. The molecular formula is C26H29ClN4O2S2. The predicted octanol–water partition coefficient (Wildman–Crippen LogP) is 6.00. The standard InChI is InChI=1S/C26H29ClN4O2S2/c1-4-5-6-7-10-13-31-25(33)22(35-26(31)34)14-19-17(2)20(15-28)24(32)30(3)23(19)29-16-18-11-8-9-12-21(18)27/h8-9,11-12,14,29H,4-7,10,13,16H2,1-3H3/b22-14+. The number of anilines is 1. The van der Waals surface area contributed by atoms with Gasteiger partial charge in [-0.2, -0.15) is 5.26 Å². The van der Waals surface area contributed by atoms with Crippen LogP contribution >= 0.6 is 35.6 Å². The van der Waals surface area contributed by atoms with Crippen LogP contribution in [0.1, 0.15) is 61.3 Å². The molecule has 1 aromatic carbocycles. The number of thiocarbonyl (C=S) groups is 1. The highest BCUT2D eigenvalue weighted by molar-refractivity contribution is 8.26. The average molecular weight is 529 g/mol. The Hall–Kier alpha value is -2.60. The number of carbonyl (C=O) groups is 1. The van der Waals surface area contributed by atoms with Crippen LogP contribution in [0.3, 0.4) is 0 Å². The number of nitriles is 1. The van der Waals surface area contributed by atoms with Gasteiger partial charge in [0.05, 0.1) is 4.91 Å². The summed E-state index contributed by atoms with van der Waals surface area (Å²) in [6.07, 6.45) is 7.21. The number of aromatic nitrogens is 1. The first-order valence-electron chi connectivity index (χ1n) is 11.7. The quantitative estimate of drug-likeness (QED) is 0.231. The smallest absolute Gasteiger partial charge is 0.270 e. The van der Waals surface area contributed by atoms with Crippen molar-refractivity contribution in [2.24, 2.45) is 7.05 Å². The lowest BCUT2D eigenvalue weighted by molar-refractivity contribution is -0.122. The molecule has 1 fully saturated rings. The molecule has 0 saturated carbocycles. The number of benzene rings is 1. The topological polar surface area (TPSA) is 78.1 Å². The summed E-state index contributed by atoms with van der Waals surface area (Å²) in [5, 5.41) is 13.5.